The van der Waals surface area contributed by atoms with E-state index in [-0.39, 0.29) is 6.04 Å². The summed E-state index contributed by atoms with van der Waals surface area (Å²) < 4.78 is 5.30. The third kappa shape index (κ3) is 0.671. The molecule has 0 radical (unpaired) electrons. The van der Waals surface area contributed by atoms with Crippen molar-refractivity contribution in [2.45, 2.75) is 25.8 Å². The van der Waals surface area contributed by atoms with Gasteiger partial charge >= 0.3 is 0 Å². The number of oxazole rings is 1. The predicted octanol–water partition coefficient (Wildman–Crippen LogP) is 0.929. The smallest absolute Gasteiger partial charge is 0.191 e. The number of nitrogens with two attached hydrogens (primary N) is 1. The summed E-state index contributed by atoms with van der Waals surface area (Å²) in [6, 6.07) is 0.0937. The highest BCUT2D eigenvalue weighted by Gasteiger charge is 2.24. The molecule has 0 saturated heterocycles. The first kappa shape index (κ1) is 5.92. The van der Waals surface area contributed by atoms with Gasteiger partial charge in [0.1, 0.15) is 5.76 Å². The number of hydrogen-bond acceptors (Lipinski definition) is 3. The maximum Gasteiger partial charge on any atom is 0.191 e. The molecule has 1 unspecified atom stereocenters. The Labute approximate surface area is 59.2 Å². The van der Waals surface area contributed by atoms with Gasteiger partial charge in [-0.1, -0.05) is 0 Å². The summed E-state index contributed by atoms with van der Waals surface area (Å²) in [4.78, 5) is 4.19. The van der Waals surface area contributed by atoms with E-state index in [4.69, 9.17) is 10.2 Å². The van der Waals surface area contributed by atoms with Crippen LogP contribution in [-0.4, -0.2) is 4.98 Å². The number of nitrogens with zero attached hydrogens (tertiary/aromatic N) is 1. The summed E-state index contributed by atoms with van der Waals surface area (Å²) in [5, 5.41) is 0. The van der Waals surface area contributed by atoms with Gasteiger partial charge in [0.25, 0.3) is 0 Å². The van der Waals surface area contributed by atoms with E-state index in [9.17, 15) is 0 Å². The molecule has 0 spiro atoms. The van der Waals surface area contributed by atoms with Gasteiger partial charge in [-0.3, -0.25) is 0 Å². The lowest BCUT2D eigenvalue weighted by molar-refractivity contribution is 0.444. The van der Waals surface area contributed by atoms with Crippen LogP contribution in [0.5, 0.6) is 0 Å². The van der Waals surface area contributed by atoms with Gasteiger partial charge in [0, 0.05) is 6.92 Å². The molecule has 2 N–H and O–H groups in total. The average Bonchev–Trinajstić information content (AvgIpc) is 2.35. The summed E-state index contributed by atoms with van der Waals surface area (Å²) in [5.74, 6) is 1.64. The van der Waals surface area contributed by atoms with Crippen molar-refractivity contribution in [3.63, 3.8) is 0 Å². The molecule has 1 aromatic heterocycles. The summed E-state index contributed by atoms with van der Waals surface area (Å²) in [6.07, 6.45) is 1.97. The Morgan fingerprint density at radius 1 is 1.70 bits per heavy atom. The van der Waals surface area contributed by atoms with E-state index in [1.165, 1.54) is 0 Å². The molecule has 1 aliphatic carbocycles. The second-order valence-electron chi connectivity index (χ2n) is 2.69. The van der Waals surface area contributed by atoms with Crippen LogP contribution in [0, 0.1) is 6.92 Å². The molecule has 10 heavy (non-hydrogen) atoms. The van der Waals surface area contributed by atoms with E-state index < -0.39 is 0 Å². The molecule has 1 aromatic rings. The van der Waals surface area contributed by atoms with Gasteiger partial charge in [-0.2, -0.15) is 0 Å². The van der Waals surface area contributed by atoms with Crippen molar-refractivity contribution in [1.29, 1.82) is 0 Å². The van der Waals surface area contributed by atoms with Gasteiger partial charge in [0.2, 0.25) is 0 Å². The standard InChI is InChI=1S/C7H10N2O/c1-4-9-6-3-2-5(8)7(6)10-4/h5H,2-3,8H2,1H3. The first-order chi connectivity index (χ1) is 4.77. The molecule has 0 amide bonds. The van der Waals surface area contributed by atoms with Crippen molar-refractivity contribution in [1.82, 2.24) is 4.98 Å². The van der Waals surface area contributed by atoms with Crippen LogP contribution in [-0.2, 0) is 6.42 Å². The van der Waals surface area contributed by atoms with Crippen molar-refractivity contribution >= 4 is 0 Å². The third-order valence-corrected chi connectivity index (χ3v) is 1.86. The van der Waals surface area contributed by atoms with E-state index in [2.05, 4.69) is 4.98 Å². The molecule has 0 aromatic carbocycles. The number of fused-ring (bicyclic) bond motifs is 1. The fourth-order valence-electron chi connectivity index (χ4n) is 1.38. The van der Waals surface area contributed by atoms with Crippen LogP contribution in [0.25, 0.3) is 0 Å². The van der Waals surface area contributed by atoms with E-state index in [0.717, 1.165) is 30.2 Å². The first-order valence-electron chi connectivity index (χ1n) is 3.49. The quantitative estimate of drug-likeness (QED) is 0.580. The van der Waals surface area contributed by atoms with Gasteiger partial charge in [0.15, 0.2) is 5.89 Å². The Hall–Kier alpha value is -0.830. The molecule has 54 valence electrons. The molecule has 1 aliphatic rings. The molecule has 0 saturated carbocycles. The Morgan fingerprint density at radius 2 is 2.50 bits per heavy atom. The van der Waals surface area contributed by atoms with Gasteiger partial charge in [0.05, 0.1) is 11.7 Å². The second-order valence-corrected chi connectivity index (χ2v) is 2.69. The minimum Gasteiger partial charge on any atom is -0.444 e. The zero-order valence-corrected chi connectivity index (χ0v) is 5.92. The van der Waals surface area contributed by atoms with Crippen molar-refractivity contribution in [2.75, 3.05) is 0 Å². The average molecular weight is 138 g/mol. The minimum atomic E-state index is 0.0937. The second kappa shape index (κ2) is 1.83. The van der Waals surface area contributed by atoms with Crippen molar-refractivity contribution in [2.24, 2.45) is 5.73 Å². The van der Waals surface area contributed by atoms with Gasteiger partial charge < -0.3 is 10.2 Å². The van der Waals surface area contributed by atoms with E-state index in [1.807, 2.05) is 6.92 Å². The lowest BCUT2D eigenvalue weighted by Gasteiger charge is -1.96. The minimum absolute atomic E-state index is 0.0937. The Bertz CT molecular complexity index is 254. The summed E-state index contributed by atoms with van der Waals surface area (Å²) in [6.45, 7) is 1.85. The lowest BCUT2D eigenvalue weighted by atomic mass is 10.3. The van der Waals surface area contributed by atoms with Crippen LogP contribution in [0.3, 0.4) is 0 Å². The van der Waals surface area contributed by atoms with Crippen LogP contribution in [0.15, 0.2) is 4.42 Å². The molecule has 0 fully saturated rings. The Balaban J connectivity index is 2.49. The predicted molar refractivity (Wildman–Crippen MR) is 36.5 cm³/mol. The fourth-order valence-corrected chi connectivity index (χ4v) is 1.38. The SMILES string of the molecule is Cc1nc2c(o1)C(N)CC2. The maximum atomic E-state index is 5.73. The molecule has 1 atom stereocenters. The highest BCUT2D eigenvalue weighted by atomic mass is 16.4. The molecule has 1 heterocycles. The Kier molecular flexibility index (Phi) is 1.08. The highest BCUT2D eigenvalue weighted by Crippen LogP contribution is 2.28. The first-order valence-corrected chi connectivity index (χ1v) is 3.49. The van der Waals surface area contributed by atoms with E-state index in [1.54, 1.807) is 0 Å². The molecule has 3 nitrogen and oxygen atoms in total. The zero-order valence-electron chi connectivity index (χ0n) is 5.92. The zero-order chi connectivity index (χ0) is 7.14. The molecular weight excluding hydrogens is 128 g/mol. The van der Waals surface area contributed by atoms with Crippen LogP contribution in [0.2, 0.25) is 0 Å². The normalized spacial score (nSPS) is 23.2. The van der Waals surface area contributed by atoms with Crippen LogP contribution >= 0.6 is 0 Å². The summed E-state index contributed by atoms with van der Waals surface area (Å²) >= 11 is 0. The molecular formula is C7H10N2O. The number of aromatic nitrogens is 1. The number of aryl methyl sites for hydroxylation is 2. The fraction of sp³-hybridized carbons (Fsp3) is 0.571. The molecule has 0 aliphatic heterocycles. The molecule has 0 bridgehead atoms. The summed E-state index contributed by atoms with van der Waals surface area (Å²) in [5.41, 5.74) is 6.79. The number of rotatable bonds is 0. The summed E-state index contributed by atoms with van der Waals surface area (Å²) in [7, 11) is 0. The molecule has 3 heteroatoms. The van der Waals surface area contributed by atoms with Gasteiger partial charge in [-0.15, -0.1) is 0 Å². The lowest BCUT2D eigenvalue weighted by Crippen LogP contribution is -2.04. The van der Waals surface area contributed by atoms with Crippen LogP contribution in [0.4, 0.5) is 0 Å². The van der Waals surface area contributed by atoms with E-state index >= 15 is 0 Å². The largest absolute Gasteiger partial charge is 0.444 e. The monoisotopic (exact) mass is 138 g/mol. The van der Waals surface area contributed by atoms with Gasteiger partial charge in [-0.05, 0) is 12.8 Å². The Morgan fingerprint density at radius 3 is 3.20 bits per heavy atom. The van der Waals surface area contributed by atoms with E-state index in [0.29, 0.717) is 0 Å². The van der Waals surface area contributed by atoms with Crippen LogP contribution in [0.1, 0.15) is 29.8 Å². The van der Waals surface area contributed by atoms with Crippen molar-refractivity contribution in [3.8, 4) is 0 Å². The maximum absolute atomic E-state index is 5.73. The van der Waals surface area contributed by atoms with Gasteiger partial charge in [-0.25, -0.2) is 4.98 Å². The van der Waals surface area contributed by atoms with Crippen molar-refractivity contribution in [3.05, 3.63) is 17.3 Å². The molecule has 2 rings (SSSR count). The van der Waals surface area contributed by atoms with Crippen LogP contribution < -0.4 is 5.73 Å². The number of hydrogen-bond donors (Lipinski definition) is 1. The highest BCUT2D eigenvalue weighted by molar-refractivity contribution is 5.19. The van der Waals surface area contributed by atoms with Crippen molar-refractivity contribution < 1.29 is 4.42 Å². The third-order valence-electron chi connectivity index (χ3n) is 1.86. The topological polar surface area (TPSA) is 52.0 Å².